The van der Waals surface area contributed by atoms with Crippen LogP contribution < -0.4 is 0 Å². The summed E-state index contributed by atoms with van der Waals surface area (Å²) < 4.78 is 11.2. The van der Waals surface area contributed by atoms with Crippen molar-refractivity contribution >= 4 is 0 Å². The largest absolute Gasteiger partial charge is 0.348 e. The van der Waals surface area contributed by atoms with E-state index in [1.807, 2.05) is 0 Å². The first-order valence-corrected chi connectivity index (χ1v) is 8.61. The number of unbranched alkanes of at least 4 members (excludes halogenated alkanes) is 9. The van der Waals surface area contributed by atoms with E-state index in [4.69, 9.17) is 9.47 Å². The molecule has 0 aliphatic carbocycles. The number of rotatable bonds is 14. The maximum absolute atomic E-state index is 5.75. The molecule has 0 spiro atoms. The van der Waals surface area contributed by atoms with Crippen molar-refractivity contribution in [2.24, 2.45) is 0 Å². The van der Waals surface area contributed by atoms with E-state index in [0.717, 1.165) is 26.1 Å². The summed E-state index contributed by atoms with van der Waals surface area (Å²) in [6, 6.07) is 0. The first-order valence-electron chi connectivity index (χ1n) is 8.61. The molecule has 0 aromatic rings. The Hall–Kier alpha value is -0.0800. The Kier molecular flexibility index (Phi) is 9.54. The fourth-order valence-electron chi connectivity index (χ4n) is 2.55. The maximum Gasteiger partial charge on any atom is 0.192 e. The van der Waals surface area contributed by atoms with Crippen LogP contribution in [-0.2, 0) is 9.47 Å². The zero-order valence-electron chi connectivity index (χ0n) is 13.2. The molecular formula is C17H34O2. The molecule has 1 unspecified atom stereocenters. The van der Waals surface area contributed by atoms with Crippen LogP contribution in [0.3, 0.4) is 0 Å². The van der Waals surface area contributed by atoms with Gasteiger partial charge in [0.05, 0.1) is 0 Å². The van der Waals surface area contributed by atoms with E-state index in [-0.39, 0.29) is 5.79 Å². The van der Waals surface area contributed by atoms with Gasteiger partial charge in [-0.15, -0.1) is 0 Å². The lowest BCUT2D eigenvalue weighted by Gasteiger charge is -2.12. The van der Waals surface area contributed by atoms with Gasteiger partial charge in [-0.1, -0.05) is 71.6 Å². The minimum Gasteiger partial charge on any atom is -0.348 e. The molecule has 0 radical (unpaired) electrons. The normalized spacial score (nSPS) is 21.8. The first kappa shape index (κ1) is 17.0. The minimum atomic E-state index is -0.157. The number of hydrogen-bond donors (Lipinski definition) is 0. The Labute approximate surface area is 120 Å². The van der Waals surface area contributed by atoms with Gasteiger partial charge in [-0.05, 0) is 12.8 Å². The van der Waals surface area contributed by atoms with Crippen molar-refractivity contribution in [3.8, 4) is 0 Å². The molecule has 1 heterocycles. The van der Waals surface area contributed by atoms with Gasteiger partial charge in [0.2, 0.25) is 0 Å². The van der Waals surface area contributed by atoms with Gasteiger partial charge >= 0.3 is 0 Å². The van der Waals surface area contributed by atoms with Crippen LogP contribution in [0.4, 0.5) is 0 Å². The molecule has 1 fully saturated rings. The van der Waals surface area contributed by atoms with Crippen LogP contribution in [0, 0.1) is 0 Å². The topological polar surface area (TPSA) is 21.8 Å². The Morgan fingerprint density at radius 3 is 1.79 bits per heavy atom. The van der Waals surface area contributed by atoms with Gasteiger partial charge in [0.1, 0.15) is 6.61 Å². The molecule has 1 saturated heterocycles. The van der Waals surface area contributed by atoms with Crippen LogP contribution in [0.15, 0.2) is 0 Å². The standard InChI is InChI=1S/C17H34O2/c1-3-5-6-7-8-9-10-11-12-13-14-17(16-19-17)18-15-4-2/h3-16H2,1-2H3. The van der Waals surface area contributed by atoms with Crippen molar-refractivity contribution in [1.82, 2.24) is 0 Å². The van der Waals surface area contributed by atoms with Gasteiger partial charge in [-0.2, -0.15) is 0 Å². The van der Waals surface area contributed by atoms with Gasteiger partial charge in [-0.3, -0.25) is 0 Å². The van der Waals surface area contributed by atoms with Crippen molar-refractivity contribution in [3.05, 3.63) is 0 Å². The fraction of sp³-hybridized carbons (Fsp3) is 1.00. The second kappa shape index (κ2) is 10.7. The molecule has 0 aromatic carbocycles. The summed E-state index contributed by atoms with van der Waals surface area (Å²) in [6.07, 6.45) is 16.1. The minimum absolute atomic E-state index is 0.157. The van der Waals surface area contributed by atoms with Crippen LogP contribution in [0.25, 0.3) is 0 Å². The zero-order chi connectivity index (χ0) is 13.8. The molecule has 0 saturated carbocycles. The molecule has 1 aliphatic heterocycles. The molecule has 0 bridgehead atoms. The number of ether oxygens (including phenoxy) is 2. The van der Waals surface area contributed by atoms with Crippen LogP contribution >= 0.6 is 0 Å². The Bertz CT molecular complexity index is 199. The average molecular weight is 270 g/mol. The van der Waals surface area contributed by atoms with E-state index in [1.54, 1.807) is 0 Å². The Balaban J connectivity index is 1.79. The highest BCUT2D eigenvalue weighted by atomic mass is 16.8. The van der Waals surface area contributed by atoms with E-state index in [2.05, 4.69) is 13.8 Å². The average Bonchev–Trinajstić information content (AvgIpc) is 3.19. The number of epoxide rings is 1. The lowest BCUT2D eigenvalue weighted by Crippen LogP contribution is -2.16. The predicted molar refractivity (Wildman–Crippen MR) is 81.4 cm³/mol. The third-order valence-electron chi connectivity index (χ3n) is 3.95. The van der Waals surface area contributed by atoms with Crippen LogP contribution in [0.1, 0.15) is 90.9 Å². The summed E-state index contributed by atoms with van der Waals surface area (Å²) in [5.41, 5.74) is 0. The van der Waals surface area contributed by atoms with Crippen molar-refractivity contribution in [1.29, 1.82) is 0 Å². The highest BCUT2D eigenvalue weighted by molar-refractivity contribution is 4.81. The van der Waals surface area contributed by atoms with Gasteiger partial charge in [0.25, 0.3) is 0 Å². The summed E-state index contributed by atoms with van der Waals surface area (Å²) in [5.74, 6) is -0.157. The van der Waals surface area contributed by atoms with E-state index in [9.17, 15) is 0 Å². The Morgan fingerprint density at radius 1 is 0.789 bits per heavy atom. The summed E-state index contributed by atoms with van der Waals surface area (Å²) in [6.45, 7) is 6.10. The fourth-order valence-corrected chi connectivity index (χ4v) is 2.55. The molecule has 1 rings (SSSR count). The van der Waals surface area contributed by atoms with Crippen molar-refractivity contribution in [3.63, 3.8) is 0 Å². The first-order chi connectivity index (χ1) is 9.33. The third-order valence-corrected chi connectivity index (χ3v) is 3.95. The van der Waals surface area contributed by atoms with Crippen molar-refractivity contribution in [2.75, 3.05) is 13.2 Å². The lowest BCUT2D eigenvalue weighted by molar-refractivity contribution is -0.0497. The monoisotopic (exact) mass is 270 g/mol. The number of hydrogen-bond acceptors (Lipinski definition) is 2. The van der Waals surface area contributed by atoms with E-state index >= 15 is 0 Å². The van der Waals surface area contributed by atoms with Gasteiger partial charge in [0, 0.05) is 13.0 Å². The highest BCUT2D eigenvalue weighted by Gasteiger charge is 2.45. The summed E-state index contributed by atoms with van der Waals surface area (Å²) in [7, 11) is 0. The van der Waals surface area contributed by atoms with Crippen molar-refractivity contribution in [2.45, 2.75) is 96.7 Å². The molecule has 0 N–H and O–H groups in total. The smallest absolute Gasteiger partial charge is 0.192 e. The summed E-state index contributed by atoms with van der Waals surface area (Å²) >= 11 is 0. The second-order valence-electron chi connectivity index (χ2n) is 5.98. The molecule has 1 aliphatic rings. The summed E-state index contributed by atoms with van der Waals surface area (Å²) in [4.78, 5) is 0. The molecule has 114 valence electrons. The second-order valence-corrected chi connectivity index (χ2v) is 5.98. The van der Waals surface area contributed by atoms with E-state index < -0.39 is 0 Å². The van der Waals surface area contributed by atoms with Crippen LogP contribution in [0.2, 0.25) is 0 Å². The van der Waals surface area contributed by atoms with Gasteiger partial charge in [-0.25, -0.2) is 0 Å². The van der Waals surface area contributed by atoms with Crippen LogP contribution in [0.5, 0.6) is 0 Å². The van der Waals surface area contributed by atoms with Gasteiger partial charge < -0.3 is 9.47 Å². The highest BCUT2D eigenvalue weighted by Crippen LogP contribution is 2.34. The predicted octanol–water partition coefficient (Wildman–Crippen LogP) is 5.45. The maximum atomic E-state index is 5.75. The summed E-state index contributed by atoms with van der Waals surface area (Å²) in [5, 5.41) is 0. The molecule has 19 heavy (non-hydrogen) atoms. The Morgan fingerprint density at radius 2 is 1.32 bits per heavy atom. The lowest BCUT2D eigenvalue weighted by atomic mass is 10.0. The molecular weight excluding hydrogens is 236 g/mol. The SMILES string of the molecule is CCCCCCCCCCCCC1(OCCC)CO1. The third kappa shape index (κ3) is 8.65. The van der Waals surface area contributed by atoms with E-state index in [1.165, 1.54) is 64.2 Å². The molecule has 0 aromatic heterocycles. The quantitative estimate of drug-likeness (QED) is 0.309. The van der Waals surface area contributed by atoms with Crippen LogP contribution in [-0.4, -0.2) is 19.0 Å². The van der Waals surface area contributed by atoms with Crippen molar-refractivity contribution < 1.29 is 9.47 Å². The van der Waals surface area contributed by atoms with E-state index in [0.29, 0.717) is 0 Å². The zero-order valence-corrected chi connectivity index (χ0v) is 13.2. The molecule has 2 nitrogen and oxygen atoms in total. The molecule has 0 amide bonds. The molecule has 1 atom stereocenters. The van der Waals surface area contributed by atoms with Gasteiger partial charge in [0.15, 0.2) is 5.79 Å². The molecule has 2 heteroatoms.